The van der Waals surface area contributed by atoms with Crippen molar-refractivity contribution in [3.8, 4) is 17.2 Å². The van der Waals surface area contributed by atoms with Crippen molar-refractivity contribution in [2.45, 2.75) is 38.6 Å². The van der Waals surface area contributed by atoms with Crippen molar-refractivity contribution in [2.75, 3.05) is 19.7 Å². The number of aromatic nitrogens is 1. The van der Waals surface area contributed by atoms with Gasteiger partial charge < -0.3 is 24.7 Å². The van der Waals surface area contributed by atoms with Gasteiger partial charge in [-0.1, -0.05) is 30.3 Å². The van der Waals surface area contributed by atoms with Gasteiger partial charge in [0.2, 0.25) is 5.91 Å². The van der Waals surface area contributed by atoms with Gasteiger partial charge in [-0.15, -0.1) is 0 Å². The van der Waals surface area contributed by atoms with Crippen LogP contribution in [0.1, 0.15) is 57.2 Å². The van der Waals surface area contributed by atoms with Crippen LogP contribution in [0.25, 0.3) is 0 Å². The molecule has 8 nitrogen and oxygen atoms in total. The van der Waals surface area contributed by atoms with Crippen LogP contribution in [0.4, 0.5) is 0 Å². The van der Waals surface area contributed by atoms with Gasteiger partial charge in [-0.3, -0.25) is 14.4 Å². The highest BCUT2D eigenvalue weighted by Gasteiger charge is 2.34. The molecule has 6 heterocycles. The quantitative estimate of drug-likeness (QED) is 0.336. The van der Waals surface area contributed by atoms with Gasteiger partial charge in [-0.25, -0.2) is 0 Å². The molecule has 0 aliphatic carbocycles. The maximum absolute atomic E-state index is 13.9. The Kier molecular flexibility index (Phi) is 7.77. The summed E-state index contributed by atoms with van der Waals surface area (Å²) in [6.07, 6.45) is 3.86. The van der Waals surface area contributed by atoms with E-state index in [-0.39, 0.29) is 22.8 Å². The number of aryl methyl sites for hydroxylation is 2. The van der Waals surface area contributed by atoms with Gasteiger partial charge in [0.15, 0.2) is 5.43 Å². The molecular weight excluding hydrogens is 530 g/mol. The Morgan fingerprint density at radius 3 is 2.57 bits per heavy atom. The zero-order chi connectivity index (χ0) is 29.1. The number of aromatic amines is 1. The number of carbonyl (C=O) groups is 2. The van der Waals surface area contributed by atoms with Crippen LogP contribution in [0, 0.1) is 6.92 Å². The number of ether oxygens (including phenoxy) is 2. The maximum atomic E-state index is 13.9. The number of carbonyl (C=O) groups excluding carboxylic acids is 2. The van der Waals surface area contributed by atoms with Crippen LogP contribution in [0.2, 0.25) is 0 Å². The lowest BCUT2D eigenvalue weighted by atomic mass is 9.87. The summed E-state index contributed by atoms with van der Waals surface area (Å²) in [5.41, 5.74) is 4.52. The molecular formula is C34H33N3O5. The highest BCUT2D eigenvalue weighted by molar-refractivity contribution is 5.94. The molecule has 214 valence electrons. The highest BCUT2D eigenvalue weighted by Crippen LogP contribution is 2.39. The SMILES string of the molecule is Cc1cc(=O)c(C(=O)N2CCc3cc4ccc3C2c2cccc(c2)OCCCNC(=O)CCc2ccc(cc2)O4)c[nH]1. The van der Waals surface area contributed by atoms with Crippen molar-refractivity contribution in [2.24, 2.45) is 0 Å². The maximum Gasteiger partial charge on any atom is 0.260 e. The zero-order valence-corrected chi connectivity index (χ0v) is 23.5. The molecule has 5 aliphatic heterocycles. The lowest BCUT2D eigenvalue weighted by Gasteiger charge is -2.38. The fourth-order valence-corrected chi connectivity index (χ4v) is 5.61. The normalized spacial score (nSPS) is 17.0. The minimum Gasteiger partial charge on any atom is -0.494 e. The average Bonchev–Trinajstić information content (AvgIpc) is 2.99. The molecule has 0 spiro atoms. The minimum atomic E-state index is -0.424. The van der Waals surface area contributed by atoms with Crippen LogP contribution in [-0.4, -0.2) is 41.4 Å². The highest BCUT2D eigenvalue weighted by atomic mass is 16.5. The van der Waals surface area contributed by atoms with E-state index in [1.807, 2.05) is 66.7 Å². The first-order chi connectivity index (χ1) is 20.4. The largest absolute Gasteiger partial charge is 0.494 e. The Hall–Kier alpha value is -4.85. The monoisotopic (exact) mass is 563 g/mol. The van der Waals surface area contributed by atoms with Gasteiger partial charge in [-0.2, -0.15) is 0 Å². The summed E-state index contributed by atoms with van der Waals surface area (Å²) in [5, 5.41) is 2.96. The summed E-state index contributed by atoms with van der Waals surface area (Å²) in [6, 6.07) is 22.5. The summed E-state index contributed by atoms with van der Waals surface area (Å²) >= 11 is 0. The first-order valence-corrected chi connectivity index (χ1v) is 14.3. The fourth-order valence-electron chi connectivity index (χ4n) is 5.61. The Balaban J connectivity index is 1.39. The van der Waals surface area contributed by atoms with Crippen molar-refractivity contribution < 1.29 is 19.1 Å². The zero-order valence-electron chi connectivity index (χ0n) is 23.5. The van der Waals surface area contributed by atoms with Crippen LogP contribution >= 0.6 is 0 Å². The van der Waals surface area contributed by atoms with Crippen LogP contribution in [0.15, 0.2) is 83.8 Å². The van der Waals surface area contributed by atoms with Crippen molar-refractivity contribution in [3.05, 3.63) is 123 Å². The number of H-pyrrole nitrogens is 1. The van der Waals surface area contributed by atoms with E-state index in [0.717, 1.165) is 22.3 Å². The van der Waals surface area contributed by atoms with Gasteiger partial charge in [0.1, 0.15) is 22.8 Å². The van der Waals surface area contributed by atoms with E-state index >= 15 is 0 Å². The number of benzene rings is 3. The van der Waals surface area contributed by atoms with E-state index < -0.39 is 6.04 Å². The molecule has 0 radical (unpaired) electrons. The van der Waals surface area contributed by atoms with E-state index in [0.29, 0.717) is 68.3 Å². The van der Waals surface area contributed by atoms with E-state index in [4.69, 9.17) is 9.47 Å². The molecule has 4 aromatic rings. The van der Waals surface area contributed by atoms with E-state index in [1.165, 1.54) is 12.3 Å². The first kappa shape index (κ1) is 27.3. The molecule has 0 saturated heterocycles. The lowest BCUT2D eigenvalue weighted by Crippen LogP contribution is -2.42. The van der Waals surface area contributed by atoms with Crippen LogP contribution < -0.4 is 20.2 Å². The molecule has 8 bridgehead atoms. The third-order valence-electron chi connectivity index (χ3n) is 7.78. The van der Waals surface area contributed by atoms with Crippen LogP contribution in [0.3, 0.4) is 0 Å². The number of nitrogens with zero attached hydrogens (tertiary/aromatic N) is 1. The summed E-state index contributed by atoms with van der Waals surface area (Å²) in [5.74, 6) is 1.78. The molecule has 2 N–H and O–H groups in total. The first-order valence-electron chi connectivity index (χ1n) is 14.3. The van der Waals surface area contributed by atoms with Crippen LogP contribution in [0.5, 0.6) is 17.2 Å². The molecule has 2 amide bonds. The number of pyridine rings is 1. The van der Waals surface area contributed by atoms with E-state index in [2.05, 4.69) is 10.3 Å². The molecule has 1 atom stereocenters. The van der Waals surface area contributed by atoms with Crippen molar-refractivity contribution in [1.82, 2.24) is 15.2 Å². The second kappa shape index (κ2) is 11.9. The summed E-state index contributed by atoms with van der Waals surface area (Å²) in [6.45, 7) is 3.19. The number of nitrogens with one attached hydrogen (secondary N) is 2. The standard InChI is InChI=1S/C34H33N3O5/c1-22-18-31(38)30(21-36-22)34(40)37-16-14-24-19-28-11-12-29(24)33(37)25-4-2-5-27(20-25)41-17-3-15-35-32(39)13-8-23-6-9-26(42-28)10-7-23/h2,4-7,9-12,18-21,33H,3,8,13-17H2,1H3,(H,35,39)(H,36,38). The average molecular weight is 564 g/mol. The predicted octanol–water partition coefficient (Wildman–Crippen LogP) is 5.09. The van der Waals surface area contributed by atoms with Gasteiger partial charge in [0.25, 0.3) is 5.91 Å². The molecule has 8 heteroatoms. The predicted molar refractivity (Wildman–Crippen MR) is 159 cm³/mol. The van der Waals surface area contributed by atoms with E-state index in [9.17, 15) is 14.4 Å². The third-order valence-corrected chi connectivity index (χ3v) is 7.78. The molecule has 9 rings (SSSR count). The van der Waals surface area contributed by atoms with Crippen molar-refractivity contribution >= 4 is 11.8 Å². The Morgan fingerprint density at radius 1 is 0.905 bits per heavy atom. The van der Waals surface area contributed by atoms with Crippen molar-refractivity contribution in [3.63, 3.8) is 0 Å². The summed E-state index contributed by atoms with van der Waals surface area (Å²) < 4.78 is 12.2. The second-order valence-corrected chi connectivity index (χ2v) is 10.8. The molecule has 42 heavy (non-hydrogen) atoms. The van der Waals surface area contributed by atoms with Gasteiger partial charge in [0, 0.05) is 37.5 Å². The smallest absolute Gasteiger partial charge is 0.260 e. The molecule has 1 unspecified atom stereocenters. The number of hydrogen-bond acceptors (Lipinski definition) is 5. The topological polar surface area (TPSA) is 101 Å². The second-order valence-electron chi connectivity index (χ2n) is 10.8. The van der Waals surface area contributed by atoms with Gasteiger partial charge in [-0.05, 0) is 84.8 Å². The number of hydrogen-bond donors (Lipinski definition) is 2. The Labute approximate surface area is 244 Å². The summed E-state index contributed by atoms with van der Waals surface area (Å²) in [4.78, 5) is 43.8. The van der Waals surface area contributed by atoms with Crippen LogP contribution in [-0.2, 0) is 17.6 Å². The molecule has 5 aliphatic rings. The number of amides is 2. The summed E-state index contributed by atoms with van der Waals surface area (Å²) in [7, 11) is 0. The molecule has 1 aromatic heterocycles. The minimum absolute atomic E-state index is 0.00834. The van der Waals surface area contributed by atoms with E-state index in [1.54, 1.807) is 11.8 Å². The van der Waals surface area contributed by atoms with Crippen molar-refractivity contribution in [1.29, 1.82) is 0 Å². The Morgan fingerprint density at radius 2 is 1.74 bits per heavy atom. The molecule has 3 aromatic carbocycles. The number of rotatable bonds is 1. The Bertz CT molecular complexity index is 1680. The molecule has 0 saturated carbocycles. The molecule has 0 fully saturated rings. The lowest BCUT2D eigenvalue weighted by molar-refractivity contribution is -0.121. The van der Waals surface area contributed by atoms with Gasteiger partial charge >= 0.3 is 0 Å². The third kappa shape index (κ3) is 5.93. The fraction of sp³-hybridized carbons (Fsp3) is 0.265. The van der Waals surface area contributed by atoms with Gasteiger partial charge in [0.05, 0.1) is 12.6 Å².